The predicted octanol–water partition coefficient (Wildman–Crippen LogP) is 2.47. The number of hydrogen-bond acceptors (Lipinski definition) is 6. The maximum absolute atomic E-state index is 13.4. The molecule has 3 heterocycles. The zero-order valence-electron chi connectivity index (χ0n) is 20.3. The Labute approximate surface area is 212 Å². The number of urea groups is 1. The number of carbonyl (C=O) groups is 2. The van der Waals surface area contributed by atoms with E-state index in [1.165, 1.54) is 15.6 Å². The third-order valence-electron chi connectivity index (χ3n) is 6.53. The van der Waals surface area contributed by atoms with Crippen LogP contribution in [0, 0.1) is 6.92 Å². The topological polar surface area (TPSA) is 140 Å². The van der Waals surface area contributed by atoms with Crippen molar-refractivity contribution in [1.82, 2.24) is 19.3 Å². The molecule has 11 heteroatoms. The van der Waals surface area contributed by atoms with E-state index < -0.39 is 12.0 Å². The number of benzene rings is 2. The SMILES string of the molecule is Cc1c(-c2ccc(-n3cnn(C)c3=O)cc2)ccnc1N1CCN(c2cccc(C(N)C(=O)O)c2)C1=O. The Balaban J connectivity index is 1.41. The van der Waals surface area contributed by atoms with Gasteiger partial charge in [0.15, 0.2) is 0 Å². The number of pyridine rings is 1. The van der Waals surface area contributed by atoms with E-state index in [4.69, 9.17) is 5.73 Å². The number of amides is 2. The second-order valence-electron chi connectivity index (χ2n) is 8.76. The van der Waals surface area contributed by atoms with Crippen molar-refractivity contribution < 1.29 is 14.7 Å². The first-order chi connectivity index (χ1) is 17.8. The molecule has 1 saturated heterocycles. The Kier molecular flexibility index (Phi) is 6.06. The van der Waals surface area contributed by atoms with Gasteiger partial charge in [-0.25, -0.2) is 23.8 Å². The number of aromatic nitrogens is 4. The molecule has 1 aliphatic rings. The Bertz CT molecular complexity index is 1560. The van der Waals surface area contributed by atoms with Crippen molar-refractivity contribution in [3.8, 4) is 16.8 Å². The molecule has 11 nitrogen and oxygen atoms in total. The van der Waals surface area contributed by atoms with Crippen molar-refractivity contribution in [1.29, 1.82) is 0 Å². The number of aryl methyl sites for hydroxylation is 1. The molecule has 4 aromatic rings. The number of nitrogens with two attached hydrogens (primary N) is 1. The number of aliphatic carboxylic acids is 1. The predicted molar refractivity (Wildman–Crippen MR) is 138 cm³/mol. The highest BCUT2D eigenvalue weighted by atomic mass is 16.4. The van der Waals surface area contributed by atoms with Crippen LogP contribution >= 0.6 is 0 Å². The molecule has 1 atom stereocenters. The number of carboxylic acids is 1. The van der Waals surface area contributed by atoms with Gasteiger partial charge in [-0.1, -0.05) is 24.3 Å². The highest BCUT2D eigenvalue weighted by molar-refractivity contribution is 6.06. The largest absolute Gasteiger partial charge is 0.480 e. The van der Waals surface area contributed by atoms with Gasteiger partial charge in [0.2, 0.25) is 0 Å². The average Bonchev–Trinajstić information content (AvgIpc) is 3.45. The molecule has 1 fully saturated rings. The molecule has 0 aliphatic carbocycles. The lowest BCUT2D eigenvalue weighted by Gasteiger charge is -2.21. The number of nitrogens with zero attached hydrogens (tertiary/aromatic N) is 6. The van der Waals surface area contributed by atoms with Gasteiger partial charge in [0.25, 0.3) is 0 Å². The van der Waals surface area contributed by atoms with E-state index in [1.54, 1.807) is 47.3 Å². The molecular weight excluding hydrogens is 474 g/mol. The number of anilines is 2. The minimum absolute atomic E-state index is 0.234. The first kappa shape index (κ1) is 23.9. The van der Waals surface area contributed by atoms with Gasteiger partial charge in [0.1, 0.15) is 18.2 Å². The summed E-state index contributed by atoms with van der Waals surface area (Å²) in [5.74, 6) is -0.584. The maximum Gasteiger partial charge on any atom is 0.350 e. The van der Waals surface area contributed by atoms with Crippen LogP contribution in [0.15, 0.2) is 71.9 Å². The number of carbonyl (C=O) groups excluding carboxylic acids is 1. The van der Waals surface area contributed by atoms with Crippen molar-refractivity contribution in [3.63, 3.8) is 0 Å². The fourth-order valence-corrected chi connectivity index (χ4v) is 4.47. The summed E-state index contributed by atoms with van der Waals surface area (Å²) in [5, 5.41) is 13.2. The monoisotopic (exact) mass is 499 g/mol. The molecule has 3 N–H and O–H groups in total. The van der Waals surface area contributed by atoms with E-state index in [-0.39, 0.29) is 11.7 Å². The average molecular weight is 500 g/mol. The van der Waals surface area contributed by atoms with Crippen LogP contribution in [0.5, 0.6) is 0 Å². The van der Waals surface area contributed by atoms with Crippen molar-refractivity contribution in [2.75, 3.05) is 22.9 Å². The summed E-state index contributed by atoms with van der Waals surface area (Å²) < 4.78 is 2.73. The zero-order chi connectivity index (χ0) is 26.3. The van der Waals surface area contributed by atoms with E-state index in [0.717, 1.165) is 16.7 Å². The lowest BCUT2D eigenvalue weighted by atomic mass is 10.0. The summed E-state index contributed by atoms with van der Waals surface area (Å²) in [4.78, 5) is 44.6. The van der Waals surface area contributed by atoms with E-state index in [9.17, 15) is 19.5 Å². The van der Waals surface area contributed by atoms with Gasteiger partial charge >= 0.3 is 17.7 Å². The third-order valence-corrected chi connectivity index (χ3v) is 6.53. The van der Waals surface area contributed by atoms with E-state index in [1.807, 2.05) is 37.3 Å². The highest BCUT2D eigenvalue weighted by Gasteiger charge is 2.33. The van der Waals surface area contributed by atoms with Crippen LogP contribution in [0.25, 0.3) is 16.8 Å². The summed E-state index contributed by atoms with van der Waals surface area (Å²) in [7, 11) is 1.59. The van der Waals surface area contributed by atoms with Gasteiger partial charge in [0, 0.05) is 32.0 Å². The van der Waals surface area contributed by atoms with Gasteiger partial charge in [-0.2, -0.15) is 5.10 Å². The normalized spacial score (nSPS) is 14.3. The molecule has 2 aromatic carbocycles. The summed E-state index contributed by atoms with van der Waals surface area (Å²) in [6, 6.07) is 14.7. The first-order valence-electron chi connectivity index (χ1n) is 11.6. The second kappa shape index (κ2) is 9.36. The Morgan fingerprint density at radius 3 is 2.43 bits per heavy atom. The fourth-order valence-electron chi connectivity index (χ4n) is 4.47. The highest BCUT2D eigenvalue weighted by Crippen LogP contribution is 2.32. The van der Waals surface area contributed by atoms with Crippen LogP contribution in [-0.2, 0) is 11.8 Å². The van der Waals surface area contributed by atoms with E-state index in [0.29, 0.717) is 35.8 Å². The molecule has 0 saturated carbocycles. The maximum atomic E-state index is 13.4. The Hall–Kier alpha value is -4.77. The van der Waals surface area contributed by atoms with Crippen LogP contribution in [0.4, 0.5) is 16.3 Å². The van der Waals surface area contributed by atoms with Crippen LogP contribution < -0.4 is 21.2 Å². The van der Waals surface area contributed by atoms with E-state index in [2.05, 4.69) is 10.1 Å². The minimum atomic E-state index is -1.17. The number of rotatable bonds is 6. The standard InChI is InChI=1S/C26H25N7O4/c1-16-21(17-6-8-19(9-7-17)33-15-29-30(2)25(33)36)10-11-28-23(16)32-13-12-31(26(32)37)20-5-3-4-18(14-20)22(27)24(34)35/h3-11,14-15,22H,12-13,27H2,1-2H3,(H,34,35). The van der Waals surface area contributed by atoms with E-state index >= 15 is 0 Å². The van der Waals surface area contributed by atoms with Gasteiger partial charge in [-0.3, -0.25) is 14.6 Å². The van der Waals surface area contributed by atoms with Gasteiger partial charge < -0.3 is 10.8 Å². The molecule has 0 spiro atoms. The molecule has 1 unspecified atom stereocenters. The molecule has 5 rings (SSSR count). The molecule has 37 heavy (non-hydrogen) atoms. The smallest absolute Gasteiger partial charge is 0.350 e. The molecule has 188 valence electrons. The zero-order valence-corrected chi connectivity index (χ0v) is 20.3. The lowest BCUT2D eigenvalue weighted by molar-refractivity contribution is -0.138. The molecule has 2 amide bonds. The van der Waals surface area contributed by atoms with Crippen LogP contribution in [-0.4, -0.2) is 49.5 Å². The lowest BCUT2D eigenvalue weighted by Crippen LogP contribution is -2.33. The van der Waals surface area contributed by atoms with Crippen LogP contribution in [0.2, 0.25) is 0 Å². The Morgan fingerprint density at radius 2 is 1.76 bits per heavy atom. The minimum Gasteiger partial charge on any atom is -0.480 e. The van der Waals surface area contributed by atoms with Gasteiger partial charge in [-0.05, 0) is 59.5 Å². The van der Waals surface area contributed by atoms with Crippen molar-refractivity contribution >= 4 is 23.5 Å². The summed E-state index contributed by atoms with van der Waals surface area (Å²) in [6.07, 6.45) is 3.14. The van der Waals surface area contributed by atoms with Crippen molar-refractivity contribution in [2.24, 2.45) is 12.8 Å². The summed E-state index contributed by atoms with van der Waals surface area (Å²) >= 11 is 0. The third kappa shape index (κ3) is 4.25. The molecular formula is C26H25N7O4. The number of carboxylic acid groups (broad SMARTS) is 1. The summed E-state index contributed by atoms with van der Waals surface area (Å²) in [5.41, 5.74) is 9.89. The van der Waals surface area contributed by atoms with Gasteiger partial charge in [0.05, 0.1) is 5.69 Å². The second-order valence-corrected chi connectivity index (χ2v) is 8.76. The molecule has 2 aromatic heterocycles. The summed E-state index contributed by atoms with van der Waals surface area (Å²) in [6.45, 7) is 2.76. The van der Waals surface area contributed by atoms with Crippen molar-refractivity contribution in [3.05, 3.63) is 88.7 Å². The number of hydrogen-bond donors (Lipinski definition) is 2. The van der Waals surface area contributed by atoms with Gasteiger partial charge in [-0.15, -0.1) is 0 Å². The van der Waals surface area contributed by atoms with Crippen molar-refractivity contribution in [2.45, 2.75) is 13.0 Å². The quantitative estimate of drug-likeness (QED) is 0.415. The fraction of sp³-hybridized carbons (Fsp3) is 0.192. The van der Waals surface area contributed by atoms with Crippen LogP contribution in [0.1, 0.15) is 17.2 Å². The molecule has 0 radical (unpaired) electrons. The Morgan fingerprint density at radius 1 is 1.03 bits per heavy atom. The van der Waals surface area contributed by atoms with Crippen LogP contribution in [0.3, 0.4) is 0 Å². The molecule has 1 aliphatic heterocycles. The first-order valence-corrected chi connectivity index (χ1v) is 11.6. The molecule has 0 bridgehead atoms.